The molecule has 0 fully saturated rings. The molecule has 1 aromatic rings. The van der Waals surface area contributed by atoms with Gasteiger partial charge in [0.25, 0.3) is 0 Å². The van der Waals surface area contributed by atoms with E-state index in [-0.39, 0.29) is 17.6 Å². The number of ketones is 1. The third-order valence-electron chi connectivity index (χ3n) is 2.30. The van der Waals surface area contributed by atoms with Crippen molar-refractivity contribution in [2.24, 2.45) is 5.73 Å². The van der Waals surface area contributed by atoms with Gasteiger partial charge in [-0.05, 0) is 31.5 Å². The van der Waals surface area contributed by atoms with Crippen molar-refractivity contribution in [2.45, 2.75) is 25.8 Å². The minimum atomic E-state index is -0.519. The molecule has 0 aliphatic heterocycles. The molecule has 4 heteroatoms. The van der Waals surface area contributed by atoms with E-state index >= 15 is 0 Å². The van der Waals surface area contributed by atoms with Crippen molar-refractivity contribution < 1.29 is 13.9 Å². The van der Waals surface area contributed by atoms with Crippen LogP contribution in [0.2, 0.25) is 0 Å². The average Bonchev–Trinajstić information content (AvgIpc) is 2.25. The van der Waals surface area contributed by atoms with Gasteiger partial charge in [0.15, 0.2) is 17.3 Å². The predicted molar refractivity (Wildman–Crippen MR) is 60.2 cm³/mol. The molecule has 0 aliphatic rings. The Kier molecular flexibility index (Phi) is 4.43. The number of Topliss-reactive ketones (excluding diaryl/α,β-unsaturated/α-hetero) is 1. The highest BCUT2D eigenvalue weighted by Crippen LogP contribution is 2.18. The molecule has 1 rings (SSSR count). The first-order valence-electron chi connectivity index (χ1n) is 5.17. The molecule has 0 aliphatic carbocycles. The molecule has 88 valence electrons. The van der Waals surface area contributed by atoms with Crippen molar-refractivity contribution in [1.29, 1.82) is 0 Å². The van der Waals surface area contributed by atoms with Crippen LogP contribution in [0.25, 0.3) is 0 Å². The van der Waals surface area contributed by atoms with Gasteiger partial charge in [0.05, 0.1) is 7.11 Å². The Labute approximate surface area is 94.4 Å². The Morgan fingerprint density at radius 2 is 2.25 bits per heavy atom. The maximum atomic E-state index is 13.3. The number of carbonyl (C=O) groups is 1. The molecule has 0 saturated heterocycles. The Bertz CT molecular complexity index is 377. The minimum absolute atomic E-state index is 0.0213. The molecule has 1 unspecified atom stereocenters. The molecule has 0 saturated carbocycles. The Morgan fingerprint density at radius 3 is 2.75 bits per heavy atom. The fourth-order valence-corrected chi connectivity index (χ4v) is 1.34. The van der Waals surface area contributed by atoms with Crippen molar-refractivity contribution >= 4 is 5.78 Å². The first-order valence-corrected chi connectivity index (χ1v) is 5.17. The van der Waals surface area contributed by atoms with Gasteiger partial charge in [-0.3, -0.25) is 4.79 Å². The van der Waals surface area contributed by atoms with Crippen LogP contribution in [0.1, 0.15) is 30.1 Å². The molecular formula is C12H16FNO2. The summed E-state index contributed by atoms with van der Waals surface area (Å²) < 4.78 is 18.1. The summed E-state index contributed by atoms with van der Waals surface area (Å²) in [5, 5.41) is 0. The van der Waals surface area contributed by atoms with Crippen molar-refractivity contribution in [3.05, 3.63) is 29.6 Å². The van der Waals surface area contributed by atoms with Crippen molar-refractivity contribution in [3.63, 3.8) is 0 Å². The minimum Gasteiger partial charge on any atom is -0.494 e. The van der Waals surface area contributed by atoms with Crippen LogP contribution in [0.3, 0.4) is 0 Å². The summed E-state index contributed by atoms with van der Waals surface area (Å²) in [4.78, 5) is 11.6. The van der Waals surface area contributed by atoms with Crippen LogP contribution >= 0.6 is 0 Å². The topological polar surface area (TPSA) is 52.3 Å². The van der Waals surface area contributed by atoms with Gasteiger partial charge in [0.2, 0.25) is 0 Å². The van der Waals surface area contributed by atoms with Gasteiger partial charge in [-0.15, -0.1) is 0 Å². The lowest BCUT2D eigenvalue weighted by molar-refractivity contribution is 0.0977. The molecule has 0 heterocycles. The van der Waals surface area contributed by atoms with Gasteiger partial charge in [0, 0.05) is 18.0 Å². The summed E-state index contributed by atoms with van der Waals surface area (Å²) in [5.74, 6) is -0.475. The van der Waals surface area contributed by atoms with Crippen molar-refractivity contribution in [1.82, 2.24) is 0 Å². The number of hydrogen-bond acceptors (Lipinski definition) is 3. The first-order chi connectivity index (χ1) is 7.54. The van der Waals surface area contributed by atoms with Crippen LogP contribution in [-0.4, -0.2) is 18.9 Å². The van der Waals surface area contributed by atoms with Crippen LogP contribution in [0.5, 0.6) is 5.75 Å². The largest absolute Gasteiger partial charge is 0.494 e. The Balaban J connectivity index is 2.73. The zero-order chi connectivity index (χ0) is 12.1. The van der Waals surface area contributed by atoms with E-state index in [0.29, 0.717) is 18.4 Å². The number of halogens is 1. The van der Waals surface area contributed by atoms with Crippen LogP contribution < -0.4 is 10.5 Å². The fourth-order valence-electron chi connectivity index (χ4n) is 1.34. The molecule has 2 N–H and O–H groups in total. The van der Waals surface area contributed by atoms with E-state index in [1.165, 1.54) is 19.2 Å². The monoisotopic (exact) mass is 225 g/mol. The average molecular weight is 225 g/mol. The van der Waals surface area contributed by atoms with Gasteiger partial charge in [-0.25, -0.2) is 4.39 Å². The maximum absolute atomic E-state index is 13.3. The smallest absolute Gasteiger partial charge is 0.165 e. The number of hydrogen-bond donors (Lipinski definition) is 1. The molecule has 0 radical (unpaired) electrons. The standard InChI is InChI=1S/C12H16FNO2/c1-8(14)3-5-11(15)9-4-6-12(16-2)10(13)7-9/h4,6-8H,3,5,14H2,1-2H3. The van der Waals surface area contributed by atoms with Gasteiger partial charge in [-0.1, -0.05) is 0 Å². The predicted octanol–water partition coefficient (Wildman–Crippen LogP) is 2.14. The second-order valence-corrected chi connectivity index (χ2v) is 3.79. The molecule has 0 aromatic heterocycles. The molecule has 0 amide bonds. The van der Waals surface area contributed by atoms with E-state index in [4.69, 9.17) is 10.5 Å². The maximum Gasteiger partial charge on any atom is 0.165 e. The summed E-state index contributed by atoms with van der Waals surface area (Å²) in [7, 11) is 1.38. The van der Waals surface area contributed by atoms with Crippen LogP contribution in [0.15, 0.2) is 18.2 Å². The van der Waals surface area contributed by atoms with Gasteiger partial charge < -0.3 is 10.5 Å². The van der Waals surface area contributed by atoms with E-state index in [1.54, 1.807) is 6.07 Å². The molecule has 16 heavy (non-hydrogen) atoms. The fraction of sp³-hybridized carbons (Fsp3) is 0.417. The van der Waals surface area contributed by atoms with Crippen LogP contribution in [-0.2, 0) is 0 Å². The third-order valence-corrected chi connectivity index (χ3v) is 2.30. The van der Waals surface area contributed by atoms with Crippen LogP contribution in [0, 0.1) is 5.82 Å². The highest BCUT2D eigenvalue weighted by molar-refractivity contribution is 5.96. The first kappa shape index (κ1) is 12.6. The van der Waals surface area contributed by atoms with E-state index in [1.807, 2.05) is 6.92 Å². The number of methoxy groups -OCH3 is 1. The lowest BCUT2D eigenvalue weighted by atomic mass is 10.0. The highest BCUT2D eigenvalue weighted by Gasteiger charge is 2.10. The number of benzene rings is 1. The zero-order valence-electron chi connectivity index (χ0n) is 9.50. The Hall–Kier alpha value is -1.42. The summed E-state index contributed by atoms with van der Waals surface area (Å²) >= 11 is 0. The molecular weight excluding hydrogens is 209 g/mol. The summed E-state index contributed by atoms with van der Waals surface area (Å²) in [6, 6.07) is 4.19. The molecule has 1 atom stereocenters. The molecule has 1 aromatic carbocycles. The summed E-state index contributed by atoms with van der Waals surface area (Å²) in [6.07, 6.45) is 0.940. The number of ether oxygens (including phenoxy) is 1. The second-order valence-electron chi connectivity index (χ2n) is 3.79. The normalized spacial score (nSPS) is 12.2. The second kappa shape index (κ2) is 5.61. The zero-order valence-corrected chi connectivity index (χ0v) is 9.50. The van der Waals surface area contributed by atoms with E-state index in [0.717, 1.165) is 0 Å². The van der Waals surface area contributed by atoms with Crippen LogP contribution in [0.4, 0.5) is 4.39 Å². The highest BCUT2D eigenvalue weighted by atomic mass is 19.1. The van der Waals surface area contributed by atoms with E-state index in [9.17, 15) is 9.18 Å². The van der Waals surface area contributed by atoms with Crippen molar-refractivity contribution in [2.75, 3.05) is 7.11 Å². The van der Waals surface area contributed by atoms with E-state index < -0.39 is 5.82 Å². The molecule has 3 nitrogen and oxygen atoms in total. The van der Waals surface area contributed by atoms with E-state index in [2.05, 4.69) is 0 Å². The van der Waals surface area contributed by atoms with Gasteiger partial charge in [-0.2, -0.15) is 0 Å². The lowest BCUT2D eigenvalue weighted by Crippen LogP contribution is -2.16. The number of carbonyl (C=O) groups excluding carboxylic acids is 1. The van der Waals surface area contributed by atoms with Crippen molar-refractivity contribution in [3.8, 4) is 5.75 Å². The molecule has 0 spiro atoms. The summed E-state index contributed by atoms with van der Waals surface area (Å²) in [5.41, 5.74) is 5.91. The van der Waals surface area contributed by atoms with Gasteiger partial charge in [0.1, 0.15) is 0 Å². The number of nitrogens with two attached hydrogens (primary N) is 1. The Morgan fingerprint density at radius 1 is 1.56 bits per heavy atom. The number of rotatable bonds is 5. The quantitative estimate of drug-likeness (QED) is 0.781. The third kappa shape index (κ3) is 3.31. The SMILES string of the molecule is COc1ccc(C(=O)CCC(C)N)cc1F. The van der Waals surface area contributed by atoms with Gasteiger partial charge >= 0.3 is 0 Å². The lowest BCUT2D eigenvalue weighted by Gasteiger charge is -2.06. The molecule has 0 bridgehead atoms. The summed E-state index contributed by atoms with van der Waals surface area (Å²) in [6.45, 7) is 1.84.